The molecule has 3 rings (SSSR count). The van der Waals surface area contributed by atoms with E-state index >= 15 is 0 Å². The molecule has 0 saturated heterocycles. The summed E-state index contributed by atoms with van der Waals surface area (Å²) in [5.74, 6) is -1.96. The van der Waals surface area contributed by atoms with Crippen LogP contribution >= 0.6 is 11.6 Å². The van der Waals surface area contributed by atoms with Gasteiger partial charge in [0, 0.05) is 0 Å². The Balaban J connectivity index is 2.03. The molecule has 0 fully saturated rings. The van der Waals surface area contributed by atoms with Crippen molar-refractivity contribution in [3.63, 3.8) is 0 Å². The van der Waals surface area contributed by atoms with Crippen molar-refractivity contribution in [2.75, 3.05) is 11.4 Å². The molecule has 0 spiro atoms. The molecule has 2 aromatic carbocycles. The van der Waals surface area contributed by atoms with Gasteiger partial charge in [-0.25, -0.2) is 9.18 Å². The van der Waals surface area contributed by atoms with E-state index in [2.05, 4.69) is 0 Å². The van der Waals surface area contributed by atoms with Gasteiger partial charge in [0.05, 0.1) is 22.8 Å². The summed E-state index contributed by atoms with van der Waals surface area (Å²) < 4.78 is 18.5. The lowest BCUT2D eigenvalue weighted by Crippen LogP contribution is -2.47. The monoisotopic (exact) mass is 335 g/mol. The normalized spacial score (nSPS) is 16.4. The Labute approximate surface area is 135 Å². The Kier molecular flexibility index (Phi) is 3.92. The summed E-state index contributed by atoms with van der Waals surface area (Å²) in [5.41, 5.74) is 0.532. The highest BCUT2D eigenvalue weighted by Gasteiger charge is 2.34. The van der Waals surface area contributed by atoms with E-state index in [9.17, 15) is 19.1 Å². The minimum absolute atomic E-state index is 0.0363. The number of nitrogens with zero attached hydrogens (tertiary/aromatic N) is 1. The summed E-state index contributed by atoms with van der Waals surface area (Å²) in [6, 6.07) is 10.0. The third kappa shape index (κ3) is 2.85. The number of carbonyl (C=O) groups excluding carboxylic acids is 1. The zero-order chi connectivity index (χ0) is 16.6. The molecule has 1 amide bonds. The maximum Gasteiger partial charge on any atom is 0.346 e. The van der Waals surface area contributed by atoms with Crippen LogP contribution in [0.5, 0.6) is 5.75 Å². The smallest absolute Gasteiger partial charge is 0.346 e. The number of fused-ring (bicyclic) bond motifs is 1. The second-order valence-electron chi connectivity index (χ2n) is 4.95. The van der Waals surface area contributed by atoms with Gasteiger partial charge < -0.3 is 14.7 Å². The van der Waals surface area contributed by atoms with E-state index in [1.54, 1.807) is 24.3 Å². The van der Waals surface area contributed by atoms with Gasteiger partial charge in [-0.15, -0.1) is 0 Å². The van der Waals surface area contributed by atoms with Gasteiger partial charge in [-0.3, -0.25) is 4.79 Å². The number of hydrogen-bond donors (Lipinski definition) is 1. The topological polar surface area (TPSA) is 66.8 Å². The number of carboxylic acid groups (broad SMARTS) is 1. The van der Waals surface area contributed by atoms with E-state index in [0.717, 1.165) is 12.1 Å². The van der Waals surface area contributed by atoms with Crippen molar-refractivity contribution in [2.24, 2.45) is 0 Å². The van der Waals surface area contributed by atoms with Crippen LogP contribution in [-0.2, 0) is 4.79 Å². The number of anilines is 1. The Morgan fingerprint density at radius 1 is 1.26 bits per heavy atom. The molecule has 118 valence electrons. The standard InChI is InChI=1S/C16H11ClFNO4/c17-11-7-9(18)5-6-10(11)15(20)19-8-14(16(21)22)23-13-4-2-1-3-12(13)19/h1-7,14H,8H2,(H,21,22)/t14-/m1/s1. The zero-order valence-corrected chi connectivity index (χ0v) is 12.5. The number of ether oxygens (including phenoxy) is 1. The maximum absolute atomic E-state index is 13.2. The quantitative estimate of drug-likeness (QED) is 0.916. The summed E-state index contributed by atoms with van der Waals surface area (Å²) in [6.45, 7) is -0.168. The van der Waals surface area contributed by atoms with Crippen molar-refractivity contribution in [2.45, 2.75) is 6.10 Å². The number of carboxylic acids is 1. The zero-order valence-electron chi connectivity index (χ0n) is 11.7. The first kappa shape index (κ1) is 15.3. The predicted octanol–water partition coefficient (Wildman–Crippen LogP) is 2.97. The minimum atomic E-state index is -1.19. The molecule has 2 aromatic rings. The van der Waals surface area contributed by atoms with Gasteiger partial charge in [-0.1, -0.05) is 23.7 Å². The lowest BCUT2D eigenvalue weighted by Gasteiger charge is -2.33. The van der Waals surface area contributed by atoms with Crippen molar-refractivity contribution in [3.05, 3.63) is 58.9 Å². The van der Waals surface area contributed by atoms with E-state index < -0.39 is 23.8 Å². The van der Waals surface area contributed by atoms with Crippen molar-refractivity contribution in [1.29, 1.82) is 0 Å². The van der Waals surface area contributed by atoms with Gasteiger partial charge in [0.2, 0.25) is 6.10 Å². The van der Waals surface area contributed by atoms with Crippen LogP contribution in [0, 0.1) is 5.82 Å². The molecule has 1 atom stereocenters. The third-order valence-electron chi connectivity index (χ3n) is 3.46. The van der Waals surface area contributed by atoms with Gasteiger partial charge in [-0.2, -0.15) is 0 Å². The highest BCUT2D eigenvalue weighted by molar-refractivity contribution is 6.34. The average molecular weight is 336 g/mol. The largest absolute Gasteiger partial charge is 0.478 e. The van der Waals surface area contributed by atoms with Crippen molar-refractivity contribution < 1.29 is 23.8 Å². The van der Waals surface area contributed by atoms with Crippen LogP contribution in [0.2, 0.25) is 5.02 Å². The predicted molar refractivity (Wildman–Crippen MR) is 81.6 cm³/mol. The van der Waals surface area contributed by atoms with E-state index in [4.69, 9.17) is 16.3 Å². The maximum atomic E-state index is 13.2. The summed E-state index contributed by atoms with van der Waals surface area (Å²) in [5, 5.41) is 9.15. The first-order valence-electron chi connectivity index (χ1n) is 6.73. The van der Waals surface area contributed by atoms with Gasteiger partial charge in [0.15, 0.2) is 0 Å². The third-order valence-corrected chi connectivity index (χ3v) is 3.77. The summed E-state index contributed by atoms with van der Waals surface area (Å²) in [6.07, 6.45) is -1.19. The molecule has 7 heteroatoms. The molecule has 0 aromatic heterocycles. The number of hydrogen-bond acceptors (Lipinski definition) is 3. The Hall–Kier alpha value is -2.60. The molecular formula is C16H11ClFNO4. The average Bonchev–Trinajstić information content (AvgIpc) is 2.53. The van der Waals surface area contributed by atoms with Crippen LogP contribution in [0.15, 0.2) is 42.5 Å². The van der Waals surface area contributed by atoms with Crippen LogP contribution in [0.4, 0.5) is 10.1 Å². The van der Waals surface area contributed by atoms with Crippen LogP contribution in [0.3, 0.4) is 0 Å². The first-order chi connectivity index (χ1) is 11.0. The number of amides is 1. The lowest BCUT2D eigenvalue weighted by molar-refractivity contribution is -0.144. The lowest BCUT2D eigenvalue weighted by atomic mass is 10.1. The fraction of sp³-hybridized carbons (Fsp3) is 0.125. The van der Waals surface area contributed by atoms with Gasteiger partial charge in [0.1, 0.15) is 11.6 Å². The molecule has 0 saturated carbocycles. The minimum Gasteiger partial charge on any atom is -0.478 e. The van der Waals surface area contributed by atoms with Gasteiger partial charge in [-0.05, 0) is 30.3 Å². The Morgan fingerprint density at radius 3 is 2.70 bits per heavy atom. The highest BCUT2D eigenvalue weighted by Crippen LogP contribution is 2.34. The van der Waals surface area contributed by atoms with E-state index in [-0.39, 0.29) is 22.9 Å². The summed E-state index contributed by atoms with van der Waals surface area (Å²) >= 11 is 5.93. The molecular weight excluding hydrogens is 325 g/mol. The van der Waals surface area contributed by atoms with Crippen molar-refractivity contribution in [1.82, 2.24) is 0 Å². The number of carbonyl (C=O) groups is 2. The molecule has 0 radical (unpaired) electrons. The van der Waals surface area contributed by atoms with E-state index in [1.807, 2.05) is 0 Å². The highest BCUT2D eigenvalue weighted by atomic mass is 35.5. The van der Waals surface area contributed by atoms with E-state index in [0.29, 0.717) is 5.69 Å². The molecule has 1 N–H and O–H groups in total. The summed E-state index contributed by atoms with van der Waals surface area (Å²) in [4.78, 5) is 25.2. The second kappa shape index (κ2) is 5.89. The van der Waals surface area contributed by atoms with Crippen LogP contribution in [-0.4, -0.2) is 29.6 Å². The Morgan fingerprint density at radius 2 is 2.00 bits per heavy atom. The molecule has 0 aliphatic carbocycles. The Bertz CT molecular complexity index is 795. The first-order valence-corrected chi connectivity index (χ1v) is 7.10. The number of rotatable bonds is 2. The second-order valence-corrected chi connectivity index (χ2v) is 5.36. The van der Waals surface area contributed by atoms with E-state index in [1.165, 1.54) is 11.0 Å². The molecule has 0 unspecified atom stereocenters. The SMILES string of the molecule is O=C(O)[C@H]1CN(C(=O)c2ccc(F)cc2Cl)c2ccccc2O1. The van der Waals surface area contributed by atoms with Crippen LogP contribution in [0.25, 0.3) is 0 Å². The molecule has 23 heavy (non-hydrogen) atoms. The van der Waals surface area contributed by atoms with Gasteiger partial charge in [0.25, 0.3) is 5.91 Å². The van der Waals surface area contributed by atoms with Crippen LogP contribution in [0.1, 0.15) is 10.4 Å². The fourth-order valence-corrected chi connectivity index (χ4v) is 2.61. The summed E-state index contributed by atoms with van der Waals surface area (Å²) in [7, 11) is 0. The number of para-hydroxylation sites is 2. The molecule has 0 bridgehead atoms. The number of aliphatic carboxylic acids is 1. The molecule has 5 nitrogen and oxygen atoms in total. The van der Waals surface area contributed by atoms with Crippen molar-refractivity contribution in [3.8, 4) is 5.75 Å². The van der Waals surface area contributed by atoms with Crippen molar-refractivity contribution >= 4 is 29.2 Å². The van der Waals surface area contributed by atoms with Gasteiger partial charge >= 0.3 is 5.97 Å². The molecule has 1 aliphatic rings. The van der Waals surface area contributed by atoms with Crippen LogP contribution < -0.4 is 9.64 Å². The fourth-order valence-electron chi connectivity index (χ4n) is 2.36. The molecule has 1 aliphatic heterocycles. The number of halogens is 2. The number of benzene rings is 2. The molecule has 1 heterocycles.